The molecule has 1 saturated carbocycles. The van der Waals surface area contributed by atoms with Gasteiger partial charge in [-0.25, -0.2) is 9.97 Å². The van der Waals surface area contributed by atoms with Gasteiger partial charge in [-0.2, -0.15) is 0 Å². The minimum atomic E-state index is 0.0969. The number of rotatable bonds is 3. The normalized spacial score (nSPS) is 24.5. The molecule has 1 spiro atoms. The van der Waals surface area contributed by atoms with Gasteiger partial charge in [0.1, 0.15) is 11.6 Å². The molecule has 1 saturated heterocycles. The van der Waals surface area contributed by atoms with Crippen LogP contribution in [0.15, 0.2) is 23.1 Å². The molecule has 3 aliphatic carbocycles. The molecule has 4 aliphatic rings. The van der Waals surface area contributed by atoms with E-state index in [9.17, 15) is 4.79 Å². The van der Waals surface area contributed by atoms with E-state index in [-0.39, 0.29) is 5.56 Å². The molecule has 0 radical (unpaired) electrons. The van der Waals surface area contributed by atoms with E-state index < -0.39 is 0 Å². The molecule has 7 heteroatoms. The van der Waals surface area contributed by atoms with Crippen molar-refractivity contribution in [2.75, 3.05) is 31.1 Å². The van der Waals surface area contributed by atoms with Crippen molar-refractivity contribution in [1.82, 2.24) is 19.9 Å². The van der Waals surface area contributed by atoms with Gasteiger partial charge in [0.15, 0.2) is 0 Å². The Bertz CT molecular complexity index is 1140. The Morgan fingerprint density at radius 1 is 1.16 bits per heavy atom. The van der Waals surface area contributed by atoms with E-state index >= 15 is 0 Å². The minimum absolute atomic E-state index is 0.0969. The van der Waals surface area contributed by atoms with Crippen LogP contribution in [0.5, 0.6) is 0 Å². The van der Waals surface area contributed by atoms with Crippen molar-refractivity contribution in [3.05, 3.63) is 56.4 Å². The van der Waals surface area contributed by atoms with Crippen LogP contribution in [0.4, 0.5) is 5.82 Å². The molecule has 2 fully saturated rings. The molecule has 0 amide bonds. The molecular formula is C25H30ClN5O. The maximum Gasteiger partial charge on any atom is 0.254 e. The maximum absolute atomic E-state index is 12.8. The van der Waals surface area contributed by atoms with Crippen LogP contribution in [-0.4, -0.2) is 52.1 Å². The number of fused-ring (bicyclic) bond motifs is 1. The Balaban J connectivity index is 1.14. The molecule has 1 N–H and O–H groups in total. The number of aromatic amines is 1. The number of nitrogens with zero attached hydrogens (tertiary/aromatic N) is 4. The summed E-state index contributed by atoms with van der Waals surface area (Å²) >= 11 is 6.13. The van der Waals surface area contributed by atoms with Crippen LogP contribution in [-0.2, 0) is 12.8 Å². The zero-order chi connectivity index (χ0) is 21.9. The Kier molecular flexibility index (Phi) is 4.92. The second-order valence-corrected chi connectivity index (χ2v) is 10.5. The van der Waals surface area contributed by atoms with Gasteiger partial charge in [0.05, 0.1) is 10.7 Å². The highest BCUT2D eigenvalue weighted by molar-refractivity contribution is 6.31. The largest absolute Gasteiger partial charge is 0.354 e. The van der Waals surface area contributed by atoms with Crippen molar-refractivity contribution in [3.8, 4) is 0 Å². The zero-order valence-corrected chi connectivity index (χ0v) is 19.4. The van der Waals surface area contributed by atoms with Gasteiger partial charge < -0.3 is 9.88 Å². The minimum Gasteiger partial charge on any atom is -0.354 e. The molecule has 2 aromatic rings. The lowest BCUT2D eigenvalue weighted by molar-refractivity contribution is 0.214. The van der Waals surface area contributed by atoms with E-state index in [0.29, 0.717) is 11.5 Å². The second-order valence-electron chi connectivity index (χ2n) is 10.1. The average Bonchev–Trinajstić information content (AvgIpc) is 3.36. The Morgan fingerprint density at radius 3 is 2.72 bits per heavy atom. The van der Waals surface area contributed by atoms with Gasteiger partial charge in [0, 0.05) is 44.0 Å². The highest BCUT2D eigenvalue weighted by atomic mass is 35.5. The van der Waals surface area contributed by atoms with Crippen LogP contribution >= 0.6 is 11.6 Å². The van der Waals surface area contributed by atoms with Crippen molar-refractivity contribution < 1.29 is 0 Å². The zero-order valence-electron chi connectivity index (χ0n) is 18.7. The summed E-state index contributed by atoms with van der Waals surface area (Å²) in [5, 5.41) is 0.719. The maximum atomic E-state index is 12.8. The first-order chi connectivity index (χ1) is 15.5. The molecule has 0 aromatic carbocycles. The number of H-pyrrole nitrogens is 1. The van der Waals surface area contributed by atoms with Crippen LogP contribution in [0, 0.1) is 12.3 Å². The third-order valence-corrected chi connectivity index (χ3v) is 8.44. The first-order valence-corrected chi connectivity index (χ1v) is 12.3. The topological polar surface area (TPSA) is 65.1 Å². The van der Waals surface area contributed by atoms with Gasteiger partial charge >= 0.3 is 0 Å². The molecule has 1 aliphatic heterocycles. The number of allylic oxidation sites excluding steroid dienone is 1. The Morgan fingerprint density at radius 2 is 1.97 bits per heavy atom. The predicted octanol–water partition coefficient (Wildman–Crippen LogP) is 3.76. The smallest absolute Gasteiger partial charge is 0.254 e. The Labute approximate surface area is 193 Å². The molecule has 168 valence electrons. The number of aromatic nitrogens is 3. The second kappa shape index (κ2) is 7.70. The van der Waals surface area contributed by atoms with E-state index in [4.69, 9.17) is 16.6 Å². The Hall–Kier alpha value is -2.18. The molecule has 6 rings (SSSR count). The van der Waals surface area contributed by atoms with Crippen molar-refractivity contribution >= 4 is 23.0 Å². The monoisotopic (exact) mass is 451 g/mol. The average molecular weight is 452 g/mol. The standard InChI is InChI=1S/C25H30ClN5O/c1-16-12-22(27-15-20(16)26)31-10-8-30(9-11-31)18-3-2-17(13-18)23-28-21-4-5-25(6-7-25)14-19(21)24(32)29-23/h12-13,15,18H,2-11,14H2,1H3,(H,28,29,32)/t18-/m1/s1. The predicted molar refractivity (Wildman–Crippen MR) is 127 cm³/mol. The van der Waals surface area contributed by atoms with Gasteiger partial charge in [-0.15, -0.1) is 0 Å². The molecule has 1 atom stereocenters. The fourth-order valence-electron chi connectivity index (χ4n) is 5.70. The van der Waals surface area contributed by atoms with E-state index in [1.54, 1.807) is 6.20 Å². The van der Waals surface area contributed by atoms with Gasteiger partial charge in [0.25, 0.3) is 5.56 Å². The van der Waals surface area contributed by atoms with Crippen molar-refractivity contribution in [3.63, 3.8) is 0 Å². The highest BCUT2D eigenvalue weighted by Gasteiger charge is 2.45. The molecule has 2 aromatic heterocycles. The van der Waals surface area contributed by atoms with Gasteiger partial charge in [0.2, 0.25) is 0 Å². The third kappa shape index (κ3) is 3.67. The number of halogens is 1. The lowest BCUT2D eigenvalue weighted by Gasteiger charge is -2.38. The van der Waals surface area contributed by atoms with Crippen LogP contribution < -0.4 is 10.5 Å². The summed E-state index contributed by atoms with van der Waals surface area (Å²) in [6.45, 7) is 5.96. The number of anilines is 1. The van der Waals surface area contributed by atoms with Crippen molar-refractivity contribution in [1.29, 1.82) is 0 Å². The van der Waals surface area contributed by atoms with Crippen LogP contribution in [0.2, 0.25) is 5.02 Å². The lowest BCUT2D eigenvalue weighted by Crippen LogP contribution is -2.49. The van der Waals surface area contributed by atoms with E-state index in [0.717, 1.165) is 85.3 Å². The number of piperazine rings is 1. The number of aryl methyl sites for hydroxylation is 2. The number of hydrogen-bond donors (Lipinski definition) is 1. The van der Waals surface area contributed by atoms with Crippen LogP contribution in [0.3, 0.4) is 0 Å². The van der Waals surface area contributed by atoms with Crippen LogP contribution in [0.25, 0.3) is 5.57 Å². The first-order valence-electron chi connectivity index (χ1n) is 11.9. The SMILES string of the molecule is Cc1cc(N2CCN([C@H]3C=C(c4nc5c(c(=O)[nH]4)CC4(CC5)CC4)CC3)CC2)ncc1Cl. The van der Waals surface area contributed by atoms with E-state index in [2.05, 4.69) is 31.9 Å². The summed E-state index contributed by atoms with van der Waals surface area (Å²) in [4.78, 5) is 30.3. The number of nitrogens with one attached hydrogen (secondary N) is 1. The lowest BCUT2D eigenvalue weighted by atomic mass is 9.84. The molecular weight excluding hydrogens is 422 g/mol. The summed E-state index contributed by atoms with van der Waals surface area (Å²) in [5.74, 6) is 1.82. The molecule has 0 bridgehead atoms. The molecule has 0 unspecified atom stereocenters. The number of pyridine rings is 1. The molecule has 32 heavy (non-hydrogen) atoms. The fourth-order valence-corrected chi connectivity index (χ4v) is 5.81. The quantitative estimate of drug-likeness (QED) is 0.769. The summed E-state index contributed by atoms with van der Waals surface area (Å²) in [6, 6.07) is 2.50. The number of hydrogen-bond acceptors (Lipinski definition) is 5. The summed E-state index contributed by atoms with van der Waals surface area (Å²) in [6.07, 6.45) is 11.8. The summed E-state index contributed by atoms with van der Waals surface area (Å²) in [7, 11) is 0. The van der Waals surface area contributed by atoms with Gasteiger partial charge in [-0.1, -0.05) is 17.7 Å². The van der Waals surface area contributed by atoms with Crippen molar-refractivity contribution in [2.45, 2.75) is 57.9 Å². The van der Waals surface area contributed by atoms with Crippen molar-refractivity contribution in [2.24, 2.45) is 5.41 Å². The molecule has 3 heterocycles. The summed E-state index contributed by atoms with van der Waals surface area (Å²) in [5.41, 5.74) is 4.81. The van der Waals surface area contributed by atoms with Gasteiger partial charge in [-0.3, -0.25) is 9.69 Å². The van der Waals surface area contributed by atoms with E-state index in [1.807, 2.05) is 6.92 Å². The third-order valence-electron chi connectivity index (χ3n) is 8.05. The van der Waals surface area contributed by atoms with Crippen LogP contribution in [0.1, 0.15) is 54.7 Å². The summed E-state index contributed by atoms with van der Waals surface area (Å²) < 4.78 is 0. The highest BCUT2D eigenvalue weighted by Crippen LogP contribution is 2.53. The molecule has 6 nitrogen and oxygen atoms in total. The van der Waals surface area contributed by atoms with Gasteiger partial charge in [-0.05, 0) is 74.5 Å². The first kappa shape index (κ1) is 20.4. The fraction of sp³-hybridized carbons (Fsp3) is 0.560. The van der Waals surface area contributed by atoms with E-state index in [1.165, 1.54) is 24.8 Å².